The summed E-state index contributed by atoms with van der Waals surface area (Å²) < 4.78 is 0. The highest BCUT2D eigenvalue weighted by molar-refractivity contribution is 6.08. The number of benzene rings is 3. The summed E-state index contributed by atoms with van der Waals surface area (Å²) in [6.45, 7) is 6.71. The van der Waals surface area contributed by atoms with Gasteiger partial charge in [-0.15, -0.1) is 0 Å². The van der Waals surface area contributed by atoms with Crippen molar-refractivity contribution in [2.45, 2.75) is 33.6 Å². The Kier molecular flexibility index (Phi) is 5.40. The monoisotopic (exact) mass is 398 g/mol. The van der Waals surface area contributed by atoms with E-state index in [4.69, 9.17) is 0 Å². The average Bonchev–Trinajstić information content (AvgIpc) is 2.75. The molecule has 4 nitrogen and oxygen atoms in total. The van der Waals surface area contributed by atoms with Gasteiger partial charge in [0.15, 0.2) is 0 Å². The number of fused-ring (bicyclic) bond motifs is 1. The highest BCUT2D eigenvalue weighted by Crippen LogP contribution is 2.30. The second kappa shape index (κ2) is 8.15. The van der Waals surface area contributed by atoms with Crippen LogP contribution in [0, 0.1) is 20.8 Å². The number of carbonyl (C=O) groups is 2. The summed E-state index contributed by atoms with van der Waals surface area (Å²) in [6, 6.07) is 19.2. The number of amides is 2. The highest BCUT2D eigenvalue weighted by atomic mass is 16.2. The van der Waals surface area contributed by atoms with Gasteiger partial charge < -0.3 is 10.2 Å². The molecule has 4 rings (SSSR count). The molecule has 0 aliphatic carbocycles. The van der Waals surface area contributed by atoms with Gasteiger partial charge in [-0.3, -0.25) is 9.59 Å². The van der Waals surface area contributed by atoms with Crippen LogP contribution < -0.4 is 10.2 Å². The Morgan fingerprint density at radius 1 is 0.900 bits per heavy atom. The van der Waals surface area contributed by atoms with Crippen LogP contribution in [-0.2, 0) is 6.42 Å². The van der Waals surface area contributed by atoms with E-state index in [1.807, 2.05) is 80.3 Å². The normalized spacial score (nSPS) is 13.0. The summed E-state index contributed by atoms with van der Waals surface area (Å²) in [5.41, 5.74) is 7.35. The lowest BCUT2D eigenvalue weighted by molar-refractivity contribution is 0.0984. The Balaban J connectivity index is 1.59. The molecular formula is C26H26N2O2. The molecule has 2 amide bonds. The van der Waals surface area contributed by atoms with E-state index in [2.05, 4.69) is 5.32 Å². The fraction of sp³-hybridized carbons (Fsp3) is 0.231. The number of nitrogens with zero attached hydrogens (tertiary/aromatic N) is 1. The fourth-order valence-corrected chi connectivity index (χ4v) is 3.96. The molecule has 4 heteroatoms. The number of nitrogens with one attached hydrogen (secondary N) is 1. The van der Waals surface area contributed by atoms with Crippen LogP contribution in [0.15, 0.2) is 60.7 Å². The first kappa shape index (κ1) is 19.9. The first-order chi connectivity index (χ1) is 14.4. The van der Waals surface area contributed by atoms with E-state index in [0.717, 1.165) is 46.5 Å². The zero-order chi connectivity index (χ0) is 21.3. The molecular weight excluding hydrogens is 372 g/mol. The van der Waals surface area contributed by atoms with Crippen molar-refractivity contribution in [2.75, 3.05) is 16.8 Å². The minimum absolute atomic E-state index is 0.00670. The lowest BCUT2D eigenvalue weighted by Crippen LogP contribution is -2.35. The predicted molar refractivity (Wildman–Crippen MR) is 121 cm³/mol. The zero-order valence-electron chi connectivity index (χ0n) is 17.7. The van der Waals surface area contributed by atoms with Crippen LogP contribution in [0.1, 0.15) is 49.4 Å². The summed E-state index contributed by atoms with van der Waals surface area (Å²) in [4.78, 5) is 27.8. The van der Waals surface area contributed by atoms with Gasteiger partial charge in [0.25, 0.3) is 11.8 Å². The maximum atomic E-state index is 13.1. The molecule has 30 heavy (non-hydrogen) atoms. The van der Waals surface area contributed by atoms with Crippen LogP contribution in [0.25, 0.3) is 0 Å². The van der Waals surface area contributed by atoms with Crippen LogP contribution >= 0.6 is 0 Å². The van der Waals surface area contributed by atoms with Crippen LogP contribution in [-0.4, -0.2) is 18.4 Å². The standard InChI is InChI=1S/C26H26N2O2/c1-17-7-4-9-22(15-17)26(30)28-14-6-10-20-16-21(12-13-24(20)28)25(29)27-23-11-5-8-18(2)19(23)3/h4-5,7-9,11-13,15-16H,6,10,14H2,1-3H3,(H,27,29). The summed E-state index contributed by atoms with van der Waals surface area (Å²) in [7, 11) is 0. The van der Waals surface area contributed by atoms with Gasteiger partial charge >= 0.3 is 0 Å². The van der Waals surface area contributed by atoms with Gasteiger partial charge in [0.2, 0.25) is 0 Å². The van der Waals surface area contributed by atoms with Gasteiger partial charge in [0.1, 0.15) is 0 Å². The fourth-order valence-electron chi connectivity index (χ4n) is 3.96. The van der Waals surface area contributed by atoms with E-state index < -0.39 is 0 Å². The van der Waals surface area contributed by atoms with Crippen molar-refractivity contribution in [3.8, 4) is 0 Å². The second-order valence-corrected chi connectivity index (χ2v) is 7.97. The van der Waals surface area contributed by atoms with Crippen molar-refractivity contribution in [1.82, 2.24) is 0 Å². The smallest absolute Gasteiger partial charge is 0.258 e. The molecule has 1 aliphatic rings. The maximum absolute atomic E-state index is 13.1. The average molecular weight is 399 g/mol. The van der Waals surface area contributed by atoms with E-state index in [-0.39, 0.29) is 11.8 Å². The topological polar surface area (TPSA) is 49.4 Å². The molecule has 0 fully saturated rings. The Bertz CT molecular complexity index is 1130. The third-order valence-corrected chi connectivity index (χ3v) is 5.82. The van der Waals surface area contributed by atoms with Crippen molar-refractivity contribution in [3.05, 3.63) is 94.0 Å². The largest absolute Gasteiger partial charge is 0.322 e. The molecule has 0 unspecified atom stereocenters. The van der Waals surface area contributed by atoms with Crippen molar-refractivity contribution >= 4 is 23.2 Å². The Morgan fingerprint density at radius 3 is 2.50 bits per heavy atom. The Morgan fingerprint density at radius 2 is 1.70 bits per heavy atom. The van der Waals surface area contributed by atoms with Crippen molar-refractivity contribution in [1.29, 1.82) is 0 Å². The first-order valence-corrected chi connectivity index (χ1v) is 10.3. The van der Waals surface area contributed by atoms with Crippen LogP contribution in [0.4, 0.5) is 11.4 Å². The number of anilines is 2. The maximum Gasteiger partial charge on any atom is 0.258 e. The number of rotatable bonds is 3. The number of aryl methyl sites for hydroxylation is 3. The summed E-state index contributed by atoms with van der Waals surface area (Å²) in [5.74, 6) is -0.124. The molecule has 3 aromatic rings. The molecule has 0 bridgehead atoms. The molecule has 3 aromatic carbocycles. The van der Waals surface area contributed by atoms with Gasteiger partial charge in [0, 0.05) is 29.0 Å². The molecule has 0 aromatic heterocycles. The molecule has 0 saturated carbocycles. The molecule has 1 N–H and O–H groups in total. The summed E-state index contributed by atoms with van der Waals surface area (Å²) >= 11 is 0. The minimum atomic E-state index is -0.131. The molecule has 1 aliphatic heterocycles. The number of carbonyl (C=O) groups excluding carboxylic acids is 2. The van der Waals surface area contributed by atoms with Crippen molar-refractivity contribution in [2.24, 2.45) is 0 Å². The first-order valence-electron chi connectivity index (χ1n) is 10.3. The molecule has 0 spiro atoms. The highest BCUT2D eigenvalue weighted by Gasteiger charge is 2.24. The lowest BCUT2D eigenvalue weighted by Gasteiger charge is -2.30. The van der Waals surface area contributed by atoms with E-state index in [1.54, 1.807) is 6.07 Å². The predicted octanol–water partition coefficient (Wildman–Crippen LogP) is 5.46. The molecule has 0 saturated heterocycles. The minimum Gasteiger partial charge on any atom is -0.322 e. The zero-order valence-corrected chi connectivity index (χ0v) is 17.7. The van der Waals surface area contributed by atoms with Crippen LogP contribution in [0.5, 0.6) is 0 Å². The van der Waals surface area contributed by atoms with Crippen LogP contribution in [0.3, 0.4) is 0 Å². The molecule has 0 atom stereocenters. The molecule has 1 heterocycles. The summed E-state index contributed by atoms with van der Waals surface area (Å²) in [5, 5.41) is 3.02. The Labute approximate surface area is 177 Å². The van der Waals surface area contributed by atoms with Gasteiger partial charge in [0.05, 0.1) is 0 Å². The number of hydrogen-bond acceptors (Lipinski definition) is 2. The van der Waals surface area contributed by atoms with E-state index in [0.29, 0.717) is 17.7 Å². The lowest BCUT2D eigenvalue weighted by atomic mass is 9.97. The van der Waals surface area contributed by atoms with Gasteiger partial charge in [-0.1, -0.05) is 29.8 Å². The van der Waals surface area contributed by atoms with Crippen molar-refractivity contribution in [3.63, 3.8) is 0 Å². The SMILES string of the molecule is Cc1cccc(C(=O)N2CCCc3cc(C(=O)Nc4cccc(C)c4C)ccc32)c1. The number of hydrogen-bond donors (Lipinski definition) is 1. The van der Waals surface area contributed by atoms with Crippen LogP contribution in [0.2, 0.25) is 0 Å². The van der Waals surface area contributed by atoms with Gasteiger partial charge in [-0.25, -0.2) is 0 Å². The second-order valence-electron chi connectivity index (χ2n) is 7.97. The van der Waals surface area contributed by atoms with Gasteiger partial charge in [-0.2, -0.15) is 0 Å². The van der Waals surface area contributed by atoms with E-state index in [9.17, 15) is 9.59 Å². The Hall–Kier alpha value is -3.40. The summed E-state index contributed by atoms with van der Waals surface area (Å²) in [6.07, 6.45) is 1.74. The van der Waals surface area contributed by atoms with Gasteiger partial charge in [-0.05, 0) is 86.7 Å². The third-order valence-electron chi connectivity index (χ3n) is 5.82. The molecule has 152 valence electrons. The quantitative estimate of drug-likeness (QED) is 0.637. The third kappa shape index (κ3) is 3.86. The molecule has 0 radical (unpaired) electrons. The van der Waals surface area contributed by atoms with E-state index >= 15 is 0 Å². The van der Waals surface area contributed by atoms with E-state index in [1.165, 1.54) is 0 Å². The van der Waals surface area contributed by atoms with Crippen molar-refractivity contribution < 1.29 is 9.59 Å².